The standard InChI is InChI=1S/C19H20N2O7/c1-19(11-17(22)23,13-5-4-6-14(10-13)27-2)20-18(24)12-7-8-15(21(25)26)16(9-12)28-3/h4-10H,11H2,1-3H3,(H,20,24)(H,22,23). The molecular weight excluding hydrogens is 368 g/mol. The van der Waals surface area contributed by atoms with Crippen LogP contribution in [0.15, 0.2) is 42.5 Å². The molecule has 0 bridgehead atoms. The normalized spacial score (nSPS) is 12.5. The van der Waals surface area contributed by atoms with Crippen molar-refractivity contribution in [1.82, 2.24) is 5.32 Å². The highest BCUT2D eigenvalue weighted by Crippen LogP contribution is 2.30. The van der Waals surface area contributed by atoms with Crippen LogP contribution >= 0.6 is 0 Å². The van der Waals surface area contributed by atoms with Gasteiger partial charge in [0.15, 0.2) is 5.75 Å². The molecule has 2 N–H and O–H groups in total. The van der Waals surface area contributed by atoms with Gasteiger partial charge in [0.1, 0.15) is 5.75 Å². The zero-order valence-electron chi connectivity index (χ0n) is 15.6. The van der Waals surface area contributed by atoms with Crippen LogP contribution in [0.1, 0.15) is 29.3 Å². The van der Waals surface area contributed by atoms with Gasteiger partial charge < -0.3 is 19.9 Å². The number of carbonyl (C=O) groups is 2. The molecule has 2 aromatic rings. The average molecular weight is 388 g/mol. The van der Waals surface area contributed by atoms with Gasteiger partial charge in [-0.25, -0.2) is 0 Å². The molecule has 2 rings (SSSR count). The number of ether oxygens (including phenoxy) is 2. The molecule has 0 aliphatic carbocycles. The van der Waals surface area contributed by atoms with Gasteiger partial charge in [0.05, 0.1) is 31.1 Å². The molecule has 28 heavy (non-hydrogen) atoms. The Hall–Kier alpha value is -3.62. The molecule has 0 saturated heterocycles. The number of nitro groups is 1. The molecule has 0 fully saturated rings. The van der Waals surface area contributed by atoms with E-state index in [4.69, 9.17) is 9.47 Å². The number of nitro benzene ring substituents is 1. The van der Waals surface area contributed by atoms with Crippen LogP contribution in [0, 0.1) is 10.1 Å². The number of carboxylic acid groups (broad SMARTS) is 1. The van der Waals surface area contributed by atoms with Crippen molar-refractivity contribution >= 4 is 17.6 Å². The van der Waals surface area contributed by atoms with E-state index in [2.05, 4.69) is 5.32 Å². The van der Waals surface area contributed by atoms with Crippen LogP contribution in [0.25, 0.3) is 0 Å². The molecule has 0 aromatic heterocycles. The van der Waals surface area contributed by atoms with Crippen molar-refractivity contribution in [2.75, 3.05) is 14.2 Å². The number of rotatable bonds is 8. The van der Waals surface area contributed by atoms with Crippen molar-refractivity contribution < 1.29 is 29.1 Å². The molecule has 9 nitrogen and oxygen atoms in total. The number of methoxy groups -OCH3 is 2. The zero-order valence-corrected chi connectivity index (χ0v) is 15.6. The number of nitrogens with zero attached hydrogens (tertiary/aromatic N) is 1. The predicted molar refractivity (Wildman–Crippen MR) is 99.7 cm³/mol. The molecule has 9 heteroatoms. The van der Waals surface area contributed by atoms with Crippen LogP contribution in [-0.4, -0.2) is 36.1 Å². The minimum Gasteiger partial charge on any atom is -0.497 e. The van der Waals surface area contributed by atoms with Gasteiger partial charge in [0.2, 0.25) is 0 Å². The van der Waals surface area contributed by atoms with E-state index in [-0.39, 0.29) is 23.4 Å². The van der Waals surface area contributed by atoms with Gasteiger partial charge in [-0.05, 0) is 30.7 Å². The molecule has 1 unspecified atom stereocenters. The van der Waals surface area contributed by atoms with Crippen LogP contribution in [0.4, 0.5) is 5.69 Å². The summed E-state index contributed by atoms with van der Waals surface area (Å²) in [4.78, 5) is 34.5. The third-order valence-corrected chi connectivity index (χ3v) is 4.24. The van der Waals surface area contributed by atoms with Crippen LogP contribution < -0.4 is 14.8 Å². The van der Waals surface area contributed by atoms with Gasteiger partial charge in [-0.15, -0.1) is 0 Å². The first kappa shape index (κ1) is 20.7. The van der Waals surface area contributed by atoms with E-state index in [1.54, 1.807) is 31.2 Å². The maximum Gasteiger partial charge on any atom is 0.310 e. The van der Waals surface area contributed by atoms with Crippen molar-refractivity contribution in [1.29, 1.82) is 0 Å². The molecule has 0 heterocycles. The lowest BCUT2D eigenvalue weighted by atomic mass is 9.88. The quantitative estimate of drug-likeness (QED) is 0.525. The lowest BCUT2D eigenvalue weighted by Crippen LogP contribution is -2.45. The van der Waals surface area contributed by atoms with Gasteiger partial charge >= 0.3 is 11.7 Å². The summed E-state index contributed by atoms with van der Waals surface area (Å²) in [5.74, 6) is -1.26. The van der Waals surface area contributed by atoms with Crippen LogP contribution in [0.3, 0.4) is 0 Å². The number of aliphatic carboxylic acids is 1. The van der Waals surface area contributed by atoms with E-state index >= 15 is 0 Å². The number of carboxylic acids is 1. The fourth-order valence-electron chi connectivity index (χ4n) is 2.78. The molecule has 2 aromatic carbocycles. The predicted octanol–water partition coefficient (Wildman–Crippen LogP) is 2.73. The van der Waals surface area contributed by atoms with E-state index in [9.17, 15) is 24.8 Å². The van der Waals surface area contributed by atoms with Crippen molar-refractivity contribution in [3.8, 4) is 11.5 Å². The number of nitrogens with one attached hydrogen (secondary N) is 1. The Balaban J connectivity index is 2.40. The molecule has 1 amide bonds. The van der Waals surface area contributed by atoms with Crippen molar-refractivity contribution in [3.05, 3.63) is 63.7 Å². The Morgan fingerprint density at radius 2 is 1.89 bits per heavy atom. The first-order valence-corrected chi connectivity index (χ1v) is 8.21. The lowest BCUT2D eigenvalue weighted by Gasteiger charge is -2.30. The number of benzene rings is 2. The Bertz CT molecular complexity index is 913. The Labute approximate surface area is 161 Å². The number of hydrogen-bond donors (Lipinski definition) is 2. The number of amides is 1. The molecule has 0 aliphatic rings. The van der Waals surface area contributed by atoms with Crippen molar-refractivity contribution in [2.45, 2.75) is 18.9 Å². The minimum atomic E-state index is -1.24. The second-order valence-corrected chi connectivity index (χ2v) is 6.23. The summed E-state index contributed by atoms with van der Waals surface area (Å²) in [6, 6.07) is 10.4. The minimum absolute atomic E-state index is 0.0704. The van der Waals surface area contributed by atoms with Crippen molar-refractivity contribution in [3.63, 3.8) is 0 Å². The fourth-order valence-corrected chi connectivity index (χ4v) is 2.78. The van der Waals surface area contributed by atoms with Gasteiger partial charge in [-0.1, -0.05) is 12.1 Å². The third-order valence-electron chi connectivity index (χ3n) is 4.24. The Morgan fingerprint density at radius 3 is 2.46 bits per heavy atom. The summed E-state index contributed by atoms with van der Waals surface area (Å²) in [5, 5.41) is 23.0. The number of carbonyl (C=O) groups excluding carboxylic acids is 1. The van der Waals surface area contributed by atoms with E-state index in [0.29, 0.717) is 11.3 Å². The summed E-state index contributed by atoms with van der Waals surface area (Å²) in [7, 11) is 2.74. The first-order chi connectivity index (χ1) is 13.2. The highest BCUT2D eigenvalue weighted by molar-refractivity contribution is 5.96. The van der Waals surface area contributed by atoms with Gasteiger partial charge in [0, 0.05) is 17.7 Å². The van der Waals surface area contributed by atoms with Gasteiger partial charge in [0.25, 0.3) is 5.91 Å². The van der Waals surface area contributed by atoms with Gasteiger partial charge in [-0.2, -0.15) is 0 Å². The molecular formula is C19H20N2O7. The first-order valence-electron chi connectivity index (χ1n) is 8.21. The lowest BCUT2D eigenvalue weighted by molar-refractivity contribution is -0.385. The van der Waals surface area contributed by atoms with E-state index < -0.39 is 22.3 Å². The number of hydrogen-bond acceptors (Lipinski definition) is 6. The average Bonchev–Trinajstić information content (AvgIpc) is 2.66. The summed E-state index contributed by atoms with van der Waals surface area (Å²) in [5.41, 5.74) is -0.884. The second kappa shape index (κ2) is 8.38. The summed E-state index contributed by atoms with van der Waals surface area (Å²) >= 11 is 0. The maximum absolute atomic E-state index is 12.8. The zero-order chi connectivity index (χ0) is 20.9. The van der Waals surface area contributed by atoms with E-state index in [0.717, 1.165) is 6.07 Å². The van der Waals surface area contributed by atoms with Gasteiger partial charge in [-0.3, -0.25) is 19.7 Å². The largest absolute Gasteiger partial charge is 0.497 e. The van der Waals surface area contributed by atoms with Crippen LogP contribution in [0.2, 0.25) is 0 Å². The van der Waals surface area contributed by atoms with Crippen LogP contribution in [0.5, 0.6) is 11.5 Å². The van der Waals surface area contributed by atoms with Crippen molar-refractivity contribution in [2.24, 2.45) is 0 Å². The summed E-state index contributed by atoms with van der Waals surface area (Å²) < 4.78 is 10.1. The third kappa shape index (κ3) is 4.56. The van der Waals surface area contributed by atoms with E-state index in [1.807, 2.05) is 0 Å². The Kier molecular flexibility index (Phi) is 6.19. The van der Waals surface area contributed by atoms with Crippen LogP contribution in [-0.2, 0) is 10.3 Å². The smallest absolute Gasteiger partial charge is 0.310 e. The summed E-state index contributed by atoms with van der Waals surface area (Å²) in [6.45, 7) is 1.58. The molecule has 0 radical (unpaired) electrons. The summed E-state index contributed by atoms with van der Waals surface area (Å²) in [6.07, 6.45) is -0.379. The molecule has 0 aliphatic heterocycles. The van der Waals surface area contributed by atoms with E-state index in [1.165, 1.54) is 26.4 Å². The second-order valence-electron chi connectivity index (χ2n) is 6.23. The highest BCUT2D eigenvalue weighted by atomic mass is 16.6. The monoisotopic (exact) mass is 388 g/mol. The topological polar surface area (TPSA) is 128 Å². The Morgan fingerprint density at radius 1 is 1.18 bits per heavy atom. The molecule has 0 saturated carbocycles. The highest BCUT2D eigenvalue weighted by Gasteiger charge is 2.32. The molecule has 1 atom stereocenters. The SMILES string of the molecule is COc1cccc(C(C)(CC(=O)O)NC(=O)c2ccc([N+](=O)[O-])c(OC)c2)c1. The maximum atomic E-state index is 12.8. The fraction of sp³-hybridized carbons (Fsp3) is 0.263. The molecule has 0 spiro atoms. The molecule has 148 valence electrons.